The SMILES string of the molecule is CC(Nc1ncnc2c1c(-c1ccccc1)cn2-c1cccc(Cl)c1)c1ccccc1. The zero-order valence-electron chi connectivity index (χ0n) is 17.0. The maximum atomic E-state index is 6.28. The molecule has 5 rings (SSSR count). The molecule has 5 heteroatoms. The van der Waals surface area contributed by atoms with Crippen molar-refractivity contribution >= 4 is 28.5 Å². The molecule has 3 aromatic carbocycles. The van der Waals surface area contributed by atoms with Gasteiger partial charge in [-0.1, -0.05) is 78.3 Å². The first-order valence-corrected chi connectivity index (χ1v) is 10.6. The number of fused-ring (bicyclic) bond motifs is 1. The molecule has 1 atom stereocenters. The first-order valence-electron chi connectivity index (χ1n) is 10.2. The monoisotopic (exact) mass is 424 g/mol. The lowest BCUT2D eigenvalue weighted by Crippen LogP contribution is -2.08. The zero-order chi connectivity index (χ0) is 21.2. The van der Waals surface area contributed by atoms with Crippen molar-refractivity contribution in [2.24, 2.45) is 0 Å². The van der Waals surface area contributed by atoms with Gasteiger partial charge >= 0.3 is 0 Å². The molecule has 152 valence electrons. The minimum absolute atomic E-state index is 0.0949. The van der Waals surface area contributed by atoms with E-state index in [0.717, 1.165) is 33.7 Å². The molecule has 0 aliphatic carbocycles. The van der Waals surface area contributed by atoms with Crippen LogP contribution < -0.4 is 5.32 Å². The lowest BCUT2D eigenvalue weighted by molar-refractivity contribution is 0.875. The summed E-state index contributed by atoms with van der Waals surface area (Å²) in [5.74, 6) is 0.806. The van der Waals surface area contributed by atoms with Gasteiger partial charge in [-0.15, -0.1) is 0 Å². The van der Waals surface area contributed by atoms with Gasteiger partial charge in [-0.05, 0) is 36.2 Å². The molecule has 2 aromatic heterocycles. The Hall–Kier alpha value is -3.63. The predicted molar refractivity (Wildman–Crippen MR) is 128 cm³/mol. The van der Waals surface area contributed by atoms with Gasteiger partial charge in [-0.3, -0.25) is 0 Å². The number of nitrogens with zero attached hydrogens (tertiary/aromatic N) is 3. The molecule has 0 bridgehead atoms. The fraction of sp³-hybridized carbons (Fsp3) is 0.0769. The number of rotatable bonds is 5. The second-order valence-corrected chi connectivity index (χ2v) is 7.89. The fourth-order valence-electron chi connectivity index (χ4n) is 3.86. The first-order chi connectivity index (χ1) is 15.2. The van der Waals surface area contributed by atoms with Crippen molar-refractivity contribution < 1.29 is 0 Å². The summed E-state index contributed by atoms with van der Waals surface area (Å²) in [5, 5.41) is 5.27. The van der Waals surface area contributed by atoms with E-state index in [9.17, 15) is 0 Å². The third-order valence-corrected chi connectivity index (χ3v) is 5.64. The van der Waals surface area contributed by atoms with E-state index in [1.165, 1.54) is 5.56 Å². The van der Waals surface area contributed by atoms with Gasteiger partial charge in [-0.25, -0.2) is 9.97 Å². The van der Waals surface area contributed by atoms with E-state index in [2.05, 4.69) is 57.2 Å². The van der Waals surface area contributed by atoms with E-state index >= 15 is 0 Å². The van der Waals surface area contributed by atoms with Crippen LogP contribution in [0.5, 0.6) is 0 Å². The highest BCUT2D eigenvalue weighted by Gasteiger charge is 2.18. The first kappa shape index (κ1) is 19.3. The molecule has 0 aliphatic heterocycles. The van der Waals surface area contributed by atoms with Crippen LogP contribution in [0.25, 0.3) is 27.8 Å². The molecular weight excluding hydrogens is 404 g/mol. The minimum atomic E-state index is 0.0949. The number of nitrogens with one attached hydrogen (secondary N) is 1. The van der Waals surface area contributed by atoms with Gasteiger partial charge in [0.25, 0.3) is 0 Å². The Bertz CT molecular complexity index is 1330. The predicted octanol–water partition coefficient (Wildman–Crippen LogP) is 6.91. The van der Waals surface area contributed by atoms with Crippen LogP contribution >= 0.6 is 11.6 Å². The van der Waals surface area contributed by atoms with Crippen LogP contribution in [0.4, 0.5) is 5.82 Å². The molecule has 0 spiro atoms. The largest absolute Gasteiger partial charge is 0.363 e. The van der Waals surface area contributed by atoms with E-state index in [-0.39, 0.29) is 6.04 Å². The van der Waals surface area contributed by atoms with E-state index in [1.54, 1.807) is 6.33 Å². The summed E-state index contributed by atoms with van der Waals surface area (Å²) < 4.78 is 2.07. The average Bonchev–Trinajstić information content (AvgIpc) is 3.21. The summed E-state index contributed by atoms with van der Waals surface area (Å²) in [6.07, 6.45) is 3.72. The van der Waals surface area contributed by atoms with Crippen molar-refractivity contribution in [3.63, 3.8) is 0 Å². The Morgan fingerprint density at radius 2 is 1.61 bits per heavy atom. The van der Waals surface area contributed by atoms with E-state index in [1.807, 2.05) is 60.7 Å². The van der Waals surface area contributed by atoms with Crippen LogP contribution in [0.3, 0.4) is 0 Å². The zero-order valence-corrected chi connectivity index (χ0v) is 17.8. The van der Waals surface area contributed by atoms with Crippen LogP contribution in [0.15, 0.2) is 97.5 Å². The van der Waals surface area contributed by atoms with Gasteiger partial charge < -0.3 is 9.88 Å². The average molecular weight is 425 g/mol. The van der Waals surface area contributed by atoms with Crippen molar-refractivity contribution in [1.29, 1.82) is 0 Å². The van der Waals surface area contributed by atoms with Gasteiger partial charge in [0.2, 0.25) is 0 Å². The van der Waals surface area contributed by atoms with Gasteiger partial charge in [0, 0.05) is 28.5 Å². The molecule has 0 fully saturated rings. The molecular formula is C26H21ClN4. The number of hydrogen-bond acceptors (Lipinski definition) is 3. The summed E-state index contributed by atoms with van der Waals surface area (Å²) in [6.45, 7) is 2.14. The Kier molecular flexibility index (Phi) is 5.14. The number of benzene rings is 3. The summed E-state index contributed by atoms with van der Waals surface area (Å²) in [6, 6.07) is 28.6. The third-order valence-electron chi connectivity index (χ3n) is 5.41. The van der Waals surface area contributed by atoms with Crippen LogP contribution in [-0.4, -0.2) is 14.5 Å². The van der Waals surface area contributed by atoms with Gasteiger partial charge in [0.15, 0.2) is 5.65 Å². The number of aromatic nitrogens is 3. The summed E-state index contributed by atoms with van der Waals surface area (Å²) >= 11 is 6.28. The molecule has 2 heterocycles. The van der Waals surface area contributed by atoms with E-state index < -0.39 is 0 Å². The van der Waals surface area contributed by atoms with E-state index in [4.69, 9.17) is 11.6 Å². The Morgan fingerprint density at radius 3 is 2.35 bits per heavy atom. The van der Waals surface area contributed by atoms with Crippen molar-refractivity contribution in [2.75, 3.05) is 5.32 Å². The molecule has 0 amide bonds. The maximum absolute atomic E-state index is 6.28. The number of anilines is 1. The maximum Gasteiger partial charge on any atom is 0.150 e. The normalized spacial score (nSPS) is 12.1. The Balaban J connectivity index is 1.70. The summed E-state index contributed by atoms with van der Waals surface area (Å²) in [4.78, 5) is 9.26. The second-order valence-electron chi connectivity index (χ2n) is 7.46. The van der Waals surface area contributed by atoms with Gasteiger partial charge in [0.1, 0.15) is 12.1 Å². The fourth-order valence-corrected chi connectivity index (χ4v) is 4.05. The van der Waals surface area contributed by atoms with Gasteiger partial charge in [-0.2, -0.15) is 0 Å². The molecule has 0 saturated carbocycles. The quantitative estimate of drug-likeness (QED) is 0.333. The van der Waals surface area contributed by atoms with E-state index in [0.29, 0.717) is 5.02 Å². The van der Waals surface area contributed by atoms with Crippen molar-refractivity contribution in [3.05, 3.63) is 108 Å². The lowest BCUT2D eigenvalue weighted by Gasteiger charge is -2.16. The molecule has 1 N–H and O–H groups in total. The smallest absolute Gasteiger partial charge is 0.150 e. The highest BCUT2D eigenvalue weighted by atomic mass is 35.5. The molecule has 1 unspecified atom stereocenters. The summed E-state index contributed by atoms with van der Waals surface area (Å²) in [5.41, 5.74) is 5.17. The molecule has 31 heavy (non-hydrogen) atoms. The van der Waals surface area contributed by atoms with Crippen molar-refractivity contribution in [1.82, 2.24) is 14.5 Å². The Morgan fingerprint density at radius 1 is 0.871 bits per heavy atom. The minimum Gasteiger partial charge on any atom is -0.363 e. The molecule has 0 radical (unpaired) electrons. The van der Waals surface area contributed by atoms with Crippen molar-refractivity contribution in [3.8, 4) is 16.8 Å². The number of halogens is 1. The lowest BCUT2D eigenvalue weighted by atomic mass is 10.1. The number of hydrogen-bond donors (Lipinski definition) is 1. The summed E-state index contributed by atoms with van der Waals surface area (Å²) in [7, 11) is 0. The van der Waals surface area contributed by atoms with Crippen LogP contribution in [0.1, 0.15) is 18.5 Å². The Labute approximate surface area is 186 Å². The molecule has 0 aliphatic rings. The highest BCUT2D eigenvalue weighted by Crippen LogP contribution is 2.36. The molecule has 4 nitrogen and oxygen atoms in total. The third kappa shape index (κ3) is 3.78. The topological polar surface area (TPSA) is 42.7 Å². The van der Waals surface area contributed by atoms with Crippen molar-refractivity contribution in [2.45, 2.75) is 13.0 Å². The van der Waals surface area contributed by atoms with Crippen LogP contribution in [-0.2, 0) is 0 Å². The van der Waals surface area contributed by atoms with Crippen LogP contribution in [0, 0.1) is 0 Å². The highest BCUT2D eigenvalue weighted by molar-refractivity contribution is 6.30. The van der Waals surface area contributed by atoms with Crippen LogP contribution in [0.2, 0.25) is 5.02 Å². The second kappa shape index (κ2) is 8.25. The molecule has 0 saturated heterocycles. The van der Waals surface area contributed by atoms with Gasteiger partial charge in [0.05, 0.1) is 5.39 Å². The standard InChI is InChI=1S/C26H21ClN4/c1-18(19-9-4-2-5-10-19)30-25-24-23(20-11-6-3-7-12-20)16-31(26(24)29-17-28-25)22-14-8-13-21(27)15-22/h2-18H,1H3,(H,28,29,30). The molecule has 5 aromatic rings.